The zero-order valence-corrected chi connectivity index (χ0v) is 13.4. The maximum Gasteiger partial charge on any atom is 0.293 e. The van der Waals surface area contributed by atoms with E-state index >= 15 is 0 Å². The minimum atomic E-state index is -0.307. The molecule has 1 saturated heterocycles. The van der Waals surface area contributed by atoms with E-state index in [4.69, 9.17) is 21.1 Å². The number of carbonyl (C=O) groups is 2. The second kappa shape index (κ2) is 6.41. The summed E-state index contributed by atoms with van der Waals surface area (Å²) >= 11 is 7.07. The molecule has 1 aromatic carbocycles. The number of imide groups is 1. The zero-order chi connectivity index (χ0) is 15.6. The van der Waals surface area contributed by atoms with Crippen LogP contribution >= 0.6 is 23.4 Å². The number of methoxy groups -OCH3 is 2. The van der Waals surface area contributed by atoms with E-state index < -0.39 is 0 Å². The van der Waals surface area contributed by atoms with Gasteiger partial charge in [-0.1, -0.05) is 11.6 Å². The van der Waals surface area contributed by atoms with Crippen molar-refractivity contribution >= 4 is 40.6 Å². The molecular formula is C14H14ClNO4S. The number of hydrogen-bond donors (Lipinski definition) is 0. The fraction of sp³-hybridized carbons (Fsp3) is 0.286. The summed E-state index contributed by atoms with van der Waals surface area (Å²) in [5, 5.41) is 0.140. The Morgan fingerprint density at radius 1 is 1.24 bits per heavy atom. The second-order valence-electron chi connectivity index (χ2n) is 4.15. The number of rotatable bonds is 4. The smallest absolute Gasteiger partial charge is 0.293 e. The number of halogens is 1. The fourth-order valence-corrected chi connectivity index (χ4v) is 3.00. The summed E-state index contributed by atoms with van der Waals surface area (Å²) in [7, 11) is 3.03. The third kappa shape index (κ3) is 3.01. The van der Waals surface area contributed by atoms with Crippen molar-refractivity contribution in [3.05, 3.63) is 27.6 Å². The quantitative estimate of drug-likeness (QED) is 0.793. The second-order valence-corrected chi connectivity index (χ2v) is 5.56. The van der Waals surface area contributed by atoms with E-state index in [1.54, 1.807) is 25.1 Å². The molecule has 1 aromatic rings. The Balaban J connectivity index is 2.42. The Morgan fingerprint density at radius 3 is 2.38 bits per heavy atom. The number of carbonyl (C=O) groups excluding carboxylic acids is 2. The van der Waals surface area contributed by atoms with Gasteiger partial charge in [0.1, 0.15) is 0 Å². The molecule has 1 aliphatic rings. The van der Waals surface area contributed by atoms with Crippen LogP contribution in [0.5, 0.6) is 11.5 Å². The fourth-order valence-electron chi connectivity index (χ4n) is 1.89. The molecule has 0 aromatic heterocycles. The molecule has 1 fully saturated rings. The lowest BCUT2D eigenvalue weighted by Gasteiger charge is -2.10. The van der Waals surface area contributed by atoms with Gasteiger partial charge < -0.3 is 9.47 Å². The molecule has 0 spiro atoms. The first-order valence-corrected chi connectivity index (χ1v) is 7.38. The van der Waals surface area contributed by atoms with Gasteiger partial charge in [0, 0.05) is 12.6 Å². The van der Waals surface area contributed by atoms with Gasteiger partial charge in [-0.05, 0) is 36.4 Å². The lowest BCUT2D eigenvalue weighted by atomic mass is 10.1. The van der Waals surface area contributed by atoms with Gasteiger partial charge in [0.15, 0.2) is 11.5 Å². The van der Waals surface area contributed by atoms with E-state index in [1.807, 2.05) is 0 Å². The molecule has 1 aliphatic heterocycles. The molecule has 0 bridgehead atoms. The normalized spacial score (nSPS) is 16.8. The number of hydrogen-bond acceptors (Lipinski definition) is 5. The van der Waals surface area contributed by atoms with Crippen molar-refractivity contribution in [2.24, 2.45) is 0 Å². The first kappa shape index (κ1) is 15.7. The van der Waals surface area contributed by atoms with Gasteiger partial charge in [-0.2, -0.15) is 0 Å². The predicted octanol–water partition coefficient (Wildman–Crippen LogP) is 3.41. The Bertz CT molecular complexity index is 630. The highest BCUT2D eigenvalue weighted by Gasteiger charge is 2.33. The number of ether oxygens (including phenoxy) is 2. The largest absolute Gasteiger partial charge is 0.493 e. The average Bonchev–Trinajstić information content (AvgIpc) is 2.74. The summed E-state index contributed by atoms with van der Waals surface area (Å²) in [5.41, 5.74) is 0.593. The van der Waals surface area contributed by atoms with Crippen LogP contribution in [-0.2, 0) is 4.79 Å². The molecule has 2 rings (SSSR count). The van der Waals surface area contributed by atoms with E-state index in [0.29, 0.717) is 33.5 Å². The Kier molecular flexibility index (Phi) is 4.80. The van der Waals surface area contributed by atoms with Crippen molar-refractivity contribution in [1.29, 1.82) is 0 Å². The summed E-state index contributed by atoms with van der Waals surface area (Å²) < 4.78 is 10.4. The lowest BCUT2D eigenvalue weighted by Crippen LogP contribution is -2.27. The number of likely N-dealkylation sites (N-methyl/N-ethyl adjacent to an activating group) is 1. The maximum atomic E-state index is 12.1. The molecule has 0 N–H and O–H groups in total. The Morgan fingerprint density at radius 2 is 1.86 bits per heavy atom. The number of nitrogens with zero attached hydrogens (tertiary/aromatic N) is 1. The van der Waals surface area contributed by atoms with Gasteiger partial charge in [-0.3, -0.25) is 14.5 Å². The molecule has 21 heavy (non-hydrogen) atoms. The third-order valence-electron chi connectivity index (χ3n) is 2.98. The monoisotopic (exact) mass is 327 g/mol. The number of thioether (sulfide) groups is 1. The van der Waals surface area contributed by atoms with Gasteiger partial charge in [-0.15, -0.1) is 0 Å². The molecule has 0 saturated carbocycles. The van der Waals surface area contributed by atoms with Crippen LogP contribution in [0, 0.1) is 0 Å². The van der Waals surface area contributed by atoms with Crippen LogP contribution in [0.1, 0.15) is 12.5 Å². The van der Waals surface area contributed by atoms with Crippen molar-refractivity contribution in [3.63, 3.8) is 0 Å². The van der Waals surface area contributed by atoms with Crippen molar-refractivity contribution in [2.75, 3.05) is 20.8 Å². The summed E-state index contributed by atoms with van der Waals surface area (Å²) in [6.07, 6.45) is 1.59. The SMILES string of the molecule is CCN1C(=O)S/C(=C/c2cc(OC)c(OC)cc2Cl)C1=O. The van der Waals surface area contributed by atoms with E-state index in [-0.39, 0.29) is 11.1 Å². The van der Waals surface area contributed by atoms with Crippen LogP contribution in [0.15, 0.2) is 17.0 Å². The standard InChI is InChI=1S/C14H14ClNO4S/c1-4-16-13(17)12(21-14(16)18)6-8-5-10(19-2)11(20-3)7-9(8)15/h5-7H,4H2,1-3H3/b12-6+. The summed E-state index contributed by atoms with van der Waals surface area (Å²) in [5.74, 6) is 0.697. The molecule has 0 radical (unpaired) electrons. The van der Waals surface area contributed by atoms with Crippen molar-refractivity contribution in [3.8, 4) is 11.5 Å². The van der Waals surface area contributed by atoms with Crippen LogP contribution in [0.3, 0.4) is 0 Å². The van der Waals surface area contributed by atoms with Crippen molar-refractivity contribution < 1.29 is 19.1 Å². The van der Waals surface area contributed by atoms with E-state index in [0.717, 1.165) is 11.8 Å². The molecule has 0 atom stereocenters. The molecule has 0 unspecified atom stereocenters. The summed E-state index contributed by atoms with van der Waals surface area (Å²) in [6.45, 7) is 2.10. The molecule has 1 heterocycles. The highest BCUT2D eigenvalue weighted by molar-refractivity contribution is 8.18. The van der Waals surface area contributed by atoms with Crippen LogP contribution in [0.4, 0.5) is 4.79 Å². The third-order valence-corrected chi connectivity index (χ3v) is 4.21. The van der Waals surface area contributed by atoms with Crippen LogP contribution in [-0.4, -0.2) is 36.8 Å². The predicted molar refractivity (Wildman–Crippen MR) is 82.9 cm³/mol. The number of amides is 2. The van der Waals surface area contributed by atoms with Crippen LogP contribution < -0.4 is 9.47 Å². The maximum absolute atomic E-state index is 12.1. The average molecular weight is 328 g/mol. The molecule has 7 heteroatoms. The van der Waals surface area contributed by atoms with Gasteiger partial charge in [0.05, 0.1) is 24.1 Å². The van der Waals surface area contributed by atoms with Crippen molar-refractivity contribution in [1.82, 2.24) is 4.90 Å². The molecule has 2 amide bonds. The Hall–Kier alpha value is -1.66. The first-order chi connectivity index (χ1) is 10.0. The minimum absolute atomic E-state index is 0.273. The number of benzene rings is 1. The lowest BCUT2D eigenvalue weighted by molar-refractivity contribution is -0.122. The molecular weight excluding hydrogens is 314 g/mol. The minimum Gasteiger partial charge on any atom is -0.493 e. The van der Waals surface area contributed by atoms with Crippen LogP contribution in [0.25, 0.3) is 6.08 Å². The van der Waals surface area contributed by atoms with E-state index in [2.05, 4.69) is 0 Å². The first-order valence-electron chi connectivity index (χ1n) is 6.18. The zero-order valence-electron chi connectivity index (χ0n) is 11.8. The van der Waals surface area contributed by atoms with E-state index in [1.165, 1.54) is 19.1 Å². The van der Waals surface area contributed by atoms with Gasteiger partial charge in [-0.25, -0.2) is 0 Å². The molecule has 0 aliphatic carbocycles. The molecule has 112 valence electrons. The highest BCUT2D eigenvalue weighted by atomic mass is 35.5. The van der Waals surface area contributed by atoms with Crippen molar-refractivity contribution in [2.45, 2.75) is 6.92 Å². The van der Waals surface area contributed by atoms with Gasteiger partial charge >= 0.3 is 0 Å². The van der Waals surface area contributed by atoms with Gasteiger partial charge in [0.2, 0.25) is 0 Å². The molecule has 5 nitrogen and oxygen atoms in total. The summed E-state index contributed by atoms with van der Waals surface area (Å²) in [6, 6.07) is 3.28. The van der Waals surface area contributed by atoms with Crippen LogP contribution in [0.2, 0.25) is 5.02 Å². The Labute approximate surface area is 131 Å². The highest BCUT2D eigenvalue weighted by Crippen LogP contribution is 2.37. The summed E-state index contributed by atoms with van der Waals surface area (Å²) in [4.78, 5) is 25.3. The van der Waals surface area contributed by atoms with Gasteiger partial charge in [0.25, 0.3) is 11.1 Å². The van der Waals surface area contributed by atoms with E-state index in [9.17, 15) is 9.59 Å². The topological polar surface area (TPSA) is 55.8 Å².